The van der Waals surface area contributed by atoms with E-state index in [1.165, 1.54) is 48.5 Å². The van der Waals surface area contributed by atoms with Crippen molar-refractivity contribution < 1.29 is 52.7 Å². The molecular formula is C96H110Cl2F12N24S4. The van der Waals surface area contributed by atoms with Gasteiger partial charge in [0.15, 0.2) is 43.9 Å². The number of fused-ring (bicyclic) bond motifs is 4. The van der Waals surface area contributed by atoms with Crippen LogP contribution in [0.15, 0.2) is 215 Å². The molecule has 8 aromatic heterocycles. The third kappa shape index (κ3) is 24.8. The van der Waals surface area contributed by atoms with Crippen LogP contribution >= 0.6 is 71.9 Å². The number of hydrogen-bond donors (Lipinski definition) is 0. The van der Waals surface area contributed by atoms with Gasteiger partial charge in [-0.3, -0.25) is 19.9 Å². The van der Waals surface area contributed by atoms with Gasteiger partial charge in [0.2, 0.25) is 0 Å². The topological polar surface area (TPSA) is 200 Å². The molecule has 138 heavy (non-hydrogen) atoms. The van der Waals surface area contributed by atoms with Crippen LogP contribution in [0.25, 0.3) is 46.1 Å². The summed E-state index contributed by atoms with van der Waals surface area (Å²) >= 11 is 6.80. The fourth-order valence-corrected chi connectivity index (χ4v) is 23.4. The first kappa shape index (κ1) is 103. The highest BCUT2D eigenvalue weighted by Crippen LogP contribution is 2.44. The Hall–Kier alpha value is -9.78. The van der Waals surface area contributed by atoms with Gasteiger partial charge in [0.1, 0.15) is 22.8 Å². The zero-order chi connectivity index (χ0) is 94.8. The van der Waals surface area contributed by atoms with Crippen molar-refractivity contribution in [1.82, 2.24) is 98.6 Å². The zero-order valence-electron chi connectivity index (χ0n) is 76.6. The predicted molar refractivity (Wildman–Crippen MR) is 521 cm³/mol. The van der Waals surface area contributed by atoms with Crippen molar-refractivity contribution >= 4 is 94.6 Å². The molecule has 0 amide bonds. The molecule has 8 atom stereocenters. The lowest BCUT2D eigenvalue weighted by Crippen LogP contribution is -2.35. The quantitative estimate of drug-likeness (QED) is 0.0254. The molecule has 0 radical (unpaired) electrons. The zero-order valence-corrected chi connectivity index (χ0v) is 81.5. The van der Waals surface area contributed by atoms with Crippen LogP contribution in [0.2, 0.25) is 0 Å². The summed E-state index contributed by atoms with van der Waals surface area (Å²) in [5, 5.41) is 38.0. The minimum absolute atomic E-state index is 0. The van der Waals surface area contributed by atoms with Crippen LogP contribution in [0.4, 0.5) is 75.4 Å². The Bertz CT molecular complexity index is 5130. The molecule has 24 nitrogen and oxygen atoms in total. The summed E-state index contributed by atoms with van der Waals surface area (Å²) in [5.74, 6) is 9.15. The van der Waals surface area contributed by atoms with Crippen molar-refractivity contribution in [3.63, 3.8) is 0 Å². The molecule has 16 heterocycles. The first-order valence-corrected chi connectivity index (χ1v) is 49.9. The molecular weight excluding hydrogens is 1920 g/mol. The number of aromatic nitrogens is 16. The van der Waals surface area contributed by atoms with E-state index in [9.17, 15) is 52.7 Å². The molecule has 8 fully saturated rings. The van der Waals surface area contributed by atoms with Gasteiger partial charge in [-0.1, -0.05) is 71.3 Å². The van der Waals surface area contributed by atoms with Crippen LogP contribution in [-0.2, 0) is 52.9 Å². The third-order valence-corrected chi connectivity index (χ3v) is 31.3. The third-order valence-electron chi connectivity index (χ3n) is 26.9. The number of halogens is 14. The number of benzene rings is 4. The van der Waals surface area contributed by atoms with E-state index in [2.05, 4.69) is 99.9 Å². The number of hydrogen-bond acceptors (Lipinski definition) is 24. The summed E-state index contributed by atoms with van der Waals surface area (Å²) in [6.07, 6.45) is -1.66. The molecule has 8 saturated heterocycles. The van der Waals surface area contributed by atoms with Crippen molar-refractivity contribution in [2.45, 2.75) is 121 Å². The molecule has 8 aliphatic heterocycles. The number of thioether (sulfide) groups is 4. The molecule has 0 N–H and O–H groups in total. The monoisotopic (exact) mass is 2020 g/mol. The van der Waals surface area contributed by atoms with Crippen LogP contribution in [0.1, 0.15) is 73.6 Å². The lowest BCUT2D eigenvalue weighted by molar-refractivity contribution is -0.138. The number of anilines is 4. The average Bonchev–Trinajstić information content (AvgIpc) is 1.64. The summed E-state index contributed by atoms with van der Waals surface area (Å²) in [6, 6.07) is 47.0. The Balaban J connectivity index is 0.000000139. The molecule has 0 bridgehead atoms. The SMILES string of the molecule is Cl.Cl.Cn1c(SCCCN2CC3CCN(c4ccc(C(F)(F)F)cc4)C3C2)nnc1-c1ccccn1.Cn1c(SCCCN2C[C@@H]3CCN(c4ccc(C(F)(F)F)cc4)[C@@H]3C2)nnc1-c1ccccn1.Cn1c(SCCCN2C[C@@H]3CCN(c4ccc(C(F)(F)F)cc4)[C@@H]3C2)nnc1-c1ccccn1.Cn1c(SCCCN2C[C@H]3CCN(c4ccc(C(F)(F)F)cc4)[C@H]3C2)nnc1-c1ccccn1. The van der Waals surface area contributed by atoms with Gasteiger partial charge in [-0.15, -0.1) is 65.6 Å². The molecule has 42 heteroatoms. The van der Waals surface area contributed by atoms with Crippen LogP contribution in [0, 0.1) is 23.7 Å². The van der Waals surface area contributed by atoms with Crippen molar-refractivity contribution in [3.05, 3.63) is 217 Å². The van der Waals surface area contributed by atoms with Gasteiger partial charge in [-0.2, -0.15) is 52.7 Å². The number of nitrogens with zero attached hydrogens (tertiary/aromatic N) is 24. The van der Waals surface area contributed by atoms with E-state index >= 15 is 0 Å². The van der Waals surface area contributed by atoms with Gasteiger partial charge in [0.05, 0.1) is 22.3 Å². The summed E-state index contributed by atoms with van der Waals surface area (Å²) in [6.45, 7) is 15.7. The highest BCUT2D eigenvalue weighted by atomic mass is 35.5. The van der Waals surface area contributed by atoms with E-state index in [4.69, 9.17) is 0 Å². The second-order valence-corrected chi connectivity index (χ2v) is 39.8. The van der Waals surface area contributed by atoms with Gasteiger partial charge in [-0.05, 0) is 247 Å². The maximum atomic E-state index is 12.9. The molecule has 20 rings (SSSR count). The molecule has 4 aromatic carbocycles. The molecule has 2 unspecified atom stereocenters. The predicted octanol–water partition coefficient (Wildman–Crippen LogP) is 19.2. The van der Waals surface area contributed by atoms with Crippen LogP contribution in [0.5, 0.6) is 0 Å². The van der Waals surface area contributed by atoms with Crippen LogP contribution in [-0.4, -0.2) is 250 Å². The van der Waals surface area contributed by atoms with E-state index in [1.807, 2.05) is 119 Å². The van der Waals surface area contributed by atoms with E-state index in [0.717, 1.165) is 269 Å². The lowest BCUT2D eigenvalue weighted by Gasteiger charge is -2.27. The Morgan fingerprint density at radius 1 is 0.268 bits per heavy atom. The number of rotatable bonds is 28. The minimum Gasteiger partial charge on any atom is -0.367 e. The minimum atomic E-state index is -4.29. The Morgan fingerprint density at radius 2 is 0.471 bits per heavy atom. The van der Waals surface area contributed by atoms with Gasteiger partial charge in [0, 0.05) is 201 Å². The van der Waals surface area contributed by atoms with Crippen molar-refractivity contribution in [2.24, 2.45) is 51.9 Å². The first-order chi connectivity index (χ1) is 65.6. The number of alkyl halides is 12. The normalized spacial score (nSPS) is 20.5. The van der Waals surface area contributed by atoms with Crippen LogP contribution in [0.3, 0.4) is 0 Å². The van der Waals surface area contributed by atoms with E-state index in [0.29, 0.717) is 47.8 Å². The highest BCUT2D eigenvalue weighted by Gasteiger charge is 2.47. The van der Waals surface area contributed by atoms with Gasteiger partial charge < -0.3 is 57.5 Å². The highest BCUT2D eigenvalue weighted by molar-refractivity contribution is 7.99. The van der Waals surface area contributed by atoms with E-state index < -0.39 is 47.0 Å². The van der Waals surface area contributed by atoms with Gasteiger partial charge in [-0.25, -0.2) is 0 Å². The standard InChI is InChI=1S/4C24H27F3N6S.2ClH/c4*1-31-22(20-5-2-3-11-28-20)29-30-23(31)34-14-4-12-32-15-17-10-13-33(21(17)16-32)19-8-6-18(7-9-19)24(25,26)27;;/h4*2-3,5-9,11,17,21H,4,10,12-16H2,1H3;2*1H/t3*17-,21+;;;/m100.../s1. The largest absolute Gasteiger partial charge is 0.416 e. The second kappa shape index (κ2) is 45.9. The number of likely N-dealkylation sites (tertiary alicyclic amines) is 4. The summed E-state index contributed by atoms with van der Waals surface area (Å²) in [4.78, 5) is 36.5. The van der Waals surface area contributed by atoms with Crippen molar-refractivity contribution in [3.8, 4) is 46.1 Å². The molecule has 736 valence electrons. The second-order valence-electron chi connectivity index (χ2n) is 35.6. The average molecular weight is 2030 g/mol. The van der Waals surface area contributed by atoms with E-state index in [-0.39, 0.29) is 24.8 Å². The van der Waals surface area contributed by atoms with Crippen molar-refractivity contribution in [2.75, 3.05) is 147 Å². The van der Waals surface area contributed by atoms with E-state index in [1.54, 1.807) is 120 Å². The number of pyridine rings is 4. The molecule has 8 aliphatic rings. The van der Waals surface area contributed by atoms with Gasteiger partial charge >= 0.3 is 24.7 Å². The Morgan fingerprint density at radius 3 is 0.652 bits per heavy atom. The summed E-state index contributed by atoms with van der Waals surface area (Å²) < 4.78 is 163. The Labute approximate surface area is 823 Å². The Kier molecular flexibility index (Phi) is 34.1. The molecule has 12 aromatic rings. The lowest BCUT2D eigenvalue weighted by atomic mass is 10.0. The summed E-state index contributed by atoms with van der Waals surface area (Å²) in [7, 11) is 7.85. The van der Waals surface area contributed by atoms with Crippen LogP contribution < -0.4 is 19.6 Å². The molecule has 0 spiro atoms. The fraction of sp³-hybridized carbons (Fsp3) is 0.458. The van der Waals surface area contributed by atoms with Crippen molar-refractivity contribution in [1.29, 1.82) is 0 Å². The maximum absolute atomic E-state index is 12.9. The fourth-order valence-electron chi connectivity index (χ4n) is 20.0. The van der Waals surface area contributed by atoms with Gasteiger partial charge in [0.25, 0.3) is 0 Å². The smallest absolute Gasteiger partial charge is 0.367 e. The maximum Gasteiger partial charge on any atom is 0.416 e. The molecule has 0 saturated carbocycles. The first-order valence-electron chi connectivity index (χ1n) is 46.0. The molecule has 0 aliphatic carbocycles. The summed E-state index contributed by atoms with van der Waals surface area (Å²) in [5.41, 5.74) is 4.45.